The summed E-state index contributed by atoms with van der Waals surface area (Å²) in [4.78, 5) is 22.6. The van der Waals surface area contributed by atoms with Crippen LogP contribution in [0.15, 0.2) is 24.3 Å². The molecule has 26 heavy (non-hydrogen) atoms. The molecule has 2 rings (SSSR count). The quantitative estimate of drug-likeness (QED) is 0.477. The van der Waals surface area contributed by atoms with Gasteiger partial charge in [-0.25, -0.2) is 9.59 Å². The van der Waals surface area contributed by atoms with Crippen LogP contribution in [0.1, 0.15) is 91.9 Å². The highest BCUT2D eigenvalue weighted by molar-refractivity contribution is 5.87. The Morgan fingerprint density at radius 3 is 1.15 bits per heavy atom. The molecule has 0 aromatic rings. The Kier molecular flexibility index (Phi) is 8.58. The van der Waals surface area contributed by atoms with Gasteiger partial charge in [0.25, 0.3) is 0 Å². The van der Waals surface area contributed by atoms with E-state index in [1.54, 1.807) is 13.8 Å². The average Bonchev–Trinajstić information content (AvgIpc) is 2.55. The van der Waals surface area contributed by atoms with Crippen LogP contribution in [0.3, 0.4) is 0 Å². The second kappa shape index (κ2) is 9.94. The lowest BCUT2D eigenvalue weighted by atomic mass is 9.86. The van der Waals surface area contributed by atoms with Gasteiger partial charge >= 0.3 is 11.9 Å². The third-order valence-corrected chi connectivity index (χ3v) is 5.20. The largest absolute Gasteiger partial charge is 0.456 e. The van der Waals surface area contributed by atoms with Crippen molar-refractivity contribution in [2.45, 2.75) is 103 Å². The second-order valence-corrected chi connectivity index (χ2v) is 8.36. The zero-order valence-corrected chi connectivity index (χ0v) is 17.1. The average molecular weight is 365 g/mol. The van der Waals surface area contributed by atoms with Gasteiger partial charge in [0, 0.05) is 11.1 Å². The Hall–Kier alpha value is -1.58. The molecule has 0 radical (unpaired) electrons. The van der Waals surface area contributed by atoms with Crippen molar-refractivity contribution in [1.29, 1.82) is 0 Å². The van der Waals surface area contributed by atoms with Crippen molar-refractivity contribution in [1.82, 2.24) is 0 Å². The Bertz CT molecular complexity index is 472. The summed E-state index contributed by atoms with van der Waals surface area (Å²) in [6, 6.07) is 0. The van der Waals surface area contributed by atoms with E-state index in [0.717, 1.165) is 25.7 Å². The van der Waals surface area contributed by atoms with Crippen LogP contribution in [0.2, 0.25) is 0 Å². The van der Waals surface area contributed by atoms with E-state index in [2.05, 4.69) is 13.2 Å². The first-order valence-corrected chi connectivity index (χ1v) is 9.85. The number of carbonyl (C=O) groups is 2. The van der Waals surface area contributed by atoms with Crippen LogP contribution in [0.5, 0.6) is 0 Å². The molecule has 0 saturated heterocycles. The third kappa shape index (κ3) is 7.76. The van der Waals surface area contributed by atoms with Gasteiger partial charge in [0.05, 0.1) is 0 Å². The Morgan fingerprint density at radius 2 is 0.923 bits per heavy atom. The van der Waals surface area contributed by atoms with Gasteiger partial charge in [0.2, 0.25) is 0 Å². The predicted molar refractivity (Wildman–Crippen MR) is 105 cm³/mol. The molecule has 0 atom stereocenters. The van der Waals surface area contributed by atoms with E-state index in [4.69, 9.17) is 9.47 Å². The summed E-state index contributed by atoms with van der Waals surface area (Å²) < 4.78 is 10.8. The Morgan fingerprint density at radius 1 is 0.654 bits per heavy atom. The molecular formula is C22H36O4. The Balaban J connectivity index is 0.000000260. The number of rotatable bonds is 4. The maximum Gasteiger partial charge on any atom is 0.333 e. The maximum atomic E-state index is 11.3. The normalized spacial score (nSPS) is 20.8. The van der Waals surface area contributed by atoms with Crippen molar-refractivity contribution in [3.05, 3.63) is 24.3 Å². The third-order valence-electron chi connectivity index (χ3n) is 5.20. The van der Waals surface area contributed by atoms with Crippen LogP contribution < -0.4 is 0 Å². The molecular weight excluding hydrogens is 328 g/mol. The molecule has 2 saturated carbocycles. The van der Waals surface area contributed by atoms with Crippen molar-refractivity contribution in [2.75, 3.05) is 0 Å². The molecule has 2 fully saturated rings. The van der Waals surface area contributed by atoms with Crippen LogP contribution in [0.4, 0.5) is 0 Å². The minimum atomic E-state index is -0.246. The molecule has 2 aliphatic rings. The molecule has 148 valence electrons. The molecule has 4 nitrogen and oxygen atoms in total. The zero-order chi connectivity index (χ0) is 19.8. The molecule has 2 aliphatic carbocycles. The Labute approximate surface area is 159 Å². The molecule has 0 bridgehead atoms. The number of hydrogen-bond donors (Lipinski definition) is 0. The highest BCUT2D eigenvalue weighted by atomic mass is 16.6. The molecule has 0 unspecified atom stereocenters. The minimum absolute atomic E-state index is 0.228. The van der Waals surface area contributed by atoms with Crippen molar-refractivity contribution in [3.63, 3.8) is 0 Å². The molecule has 0 aromatic carbocycles. The highest BCUT2D eigenvalue weighted by Crippen LogP contribution is 2.32. The van der Waals surface area contributed by atoms with Crippen molar-refractivity contribution >= 4 is 11.9 Å². The van der Waals surface area contributed by atoms with Gasteiger partial charge in [0.1, 0.15) is 11.2 Å². The van der Waals surface area contributed by atoms with E-state index in [9.17, 15) is 9.59 Å². The fourth-order valence-corrected chi connectivity index (χ4v) is 3.43. The van der Waals surface area contributed by atoms with Crippen molar-refractivity contribution < 1.29 is 19.1 Å². The van der Waals surface area contributed by atoms with Gasteiger partial charge < -0.3 is 9.47 Å². The van der Waals surface area contributed by atoms with Crippen LogP contribution in [-0.2, 0) is 19.1 Å². The first kappa shape index (κ1) is 22.5. The fourth-order valence-electron chi connectivity index (χ4n) is 3.43. The monoisotopic (exact) mass is 364 g/mol. The summed E-state index contributed by atoms with van der Waals surface area (Å²) in [6.07, 6.45) is 11.2. The summed E-state index contributed by atoms with van der Waals surface area (Å²) in [7, 11) is 0. The van der Waals surface area contributed by atoms with E-state index in [-0.39, 0.29) is 23.1 Å². The van der Waals surface area contributed by atoms with Gasteiger partial charge in [0.15, 0.2) is 0 Å². The summed E-state index contributed by atoms with van der Waals surface area (Å²) in [5.41, 5.74) is 0.529. The lowest BCUT2D eigenvalue weighted by molar-refractivity contribution is -0.157. The smallest absolute Gasteiger partial charge is 0.333 e. The van der Waals surface area contributed by atoms with Crippen LogP contribution in [-0.4, -0.2) is 23.1 Å². The first-order chi connectivity index (χ1) is 12.1. The second-order valence-electron chi connectivity index (χ2n) is 8.36. The van der Waals surface area contributed by atoms with Gasteiger partial charge in [-0.05, 0) is 79.1 Å². The van der Waals surface area contributed by atoms with E-state index in [1.807, 2.05) is 13.8 Å². The summed E-state index contributed by atoms with van der Waals surface area (Å²) in [5, 5.41) is 0. The molecule has 0 aliphatic heterocycles. The molecule has 0 amide bonds. The summed E-state index contributed by atoms with van der Waals surface area (Å²) >= 11 is 0. The van der Waals surface area contributed by atoms with Crippen molar-refractivity contribution in [2.24, 2.45) is 0 Å². The summed E-state index contributed by atoms with van der Waals surface area (Å²) in [6.45, 7) is 14.6. The lowest BCUT2D eigenvalue weighted by Gasteiger charge is -2.33. The highest BCUT2D eigenvalue weighted by Gasteiger charge is 2.31. The molecule has 4 heteroatoms. The maximum absolute atomic E-state index is 11.3. The number of esters is 2. The van der Waals surface area contributed by atoms with E-state index >= 15 is 0 Å². The number of ether oxygens (including phenoxy) is 2. The number of hydrogen-bond acceptors (Lipinski definition) is 4. The first-order valence-electron chi connectivity index (χ1n) is 9.85. The van der Waals surface area contributed by atoms with Crippen LogP contribution in [0.25, 0.3) is 0 Å². The standard InChI is InChI=1S/2C11H18O2/c2*1-9(2)10(12)13-11(3)7-5-4-6-8-11/h2*1,4-8H2,2-3H3. The van der Waals surface area contributed by atoms with Crippen molar-refractivity contribution in [3.8, 4) is 0 Å². The lowest BCUT2D eigenvalue weighted by Crippen LogP contribution is -2.34. The van der Waals surface area contributed by atoms with E-state index in [0.29, 0.717) is 11.1 Å². The predicted octanol–water partition coefficient (Wildman–Crippen LogP) is 5.66. The molecule has 0 aromatic heterocycles. The molecule has 0 heterocycles. The topological polar surface area (TPSA) is 52.6 Å². The van der Waals surface area contributed by atoms with E-state index < -0.39 is 0 Å². The van der Waals surface area contributed by atoms with Crippen LogP contribution >= 0.6 is 0 Å². The minimum Gasteiger partial charge on any atom is -0.456 e. The van der Waals surface area contributed by atoms with Gasteiger partial charge in [-0.15, -0.1) is 0 Å². The van der Waals surface area contributed by atoms with Gasteiger partial charge in [-0.1, -0.05) is 26.0 Å². The fraction of sp³-hybridized carbons (Fsp3) is 0.727. The molecule has 0 spiro atoms. The van der Waals surface area contributed by atoms with Gasteiger partial charge in [-0.2, -0.15) is 0 Å². The SMILES string of the molecule is C=C(C)C(=O)OC1(C)CCCCC1.C=C(C)C(=O)OC1(C)CCCCC1. The van der Waals surface area contributed by atoms with Crippen LogP contribution in [0, 0.1) is 0 Å². The molecule has 0 N–H and O–H groups in total. The van der Waals surface area contributed by atoms with Gasteiger partial charge in [-0.3, -0.25) is 0 Å². The summed E-state index contributed by atoms with van der Waals surface area (Å²) in [5.74, 6) is -0.492. The zero-order valence-electron chi connectivity index (χ0n) is 17.1. The van der Waals surface area contributed by atoms with E-state index in [1.165, 1.54) is 38.5 Å². The number of carbonyl (C=O) groups excluding carboxylic acids is 2.